The molecule has 1 fully saturated rings. The summed E-state index contributed by atoms with van der Waals surface area (Å²) in [6.07, 6.45) is 0.443. The zero-order chi connectivity index (χ0) is 20.6. The molecule has 0 bridgehead atoms. The van der Waals surface area contributed by atoms with Crippen molar-refractivity contribution in [3.8, 4) is 11.3 Å². The van der Waals surface area contributed by atoms with Gasteiger partial charge in [-0.05, 0) is 36.2 Å². The highest BCUT2D eigenvalue weighted by Gasteiger charge is 2.32. The Labute approximate surface area is 172 Å². The summed E-state index contributed by atoms with van der Waals surface area (Å²) in [5, 5.41) is 6.94. The monoisotopic (exact) mass is 433 g/mol. The van der Waals surface area contributed by atoms with E-state index < -0.39 is 21.6 Å². The van der Waals surface area contributed by atoms with E-state index in [4.69, 9.17) is 11.6 Å². The molecule has 9 heteroatoms. The summed E-state index contributed by atoms with van der Waals surface area (Å²) in [5.41, 5.74) is 1.96. The number of nitrogens with zero attached hydrogens (tertiary/aromatic N) is 2. The van der Waals surface area contributed by atoms with E-state index in [9.17, 15) is 17.6 Å². The van der Waals surface area contributed by atoms with Gasteiger partial charge in [0.05, 0.1) is 28.3 Å². The molecular formula is C20H17ClFN3O3S. The summed E-state index contributed by atoms with van der Waals surface area (Å²) in [6, 6.07) is 14.5. The number of hydrogen-bond donors (Lipinski definition) is 1. The van der Waals surface area contributed by atoms with Crippen LogP contribution in [0.25, 0.3) is 11.3 Å². The number of rotatable bonds is 4. The van der Waals surface area contributed by atoms with E-state index in [0.717, 1.165) is 11.6 Å². The Hall–Kier alpha value is -2.71. The number of hydrogen-bond acceptors (Lipinski definition) is 4. The lowest BCUT2D eigenvalue weighted by Crippen LogP contribution is -2.16. The lowest BCUT2D eigenvalue weighted by Gasteiger charge is -2.13. The van der Waals surface area contributed by atoms with Gasteiger partial charge in [0.1, 0.15) is 5.82 Å². The summed E-state index contributed by atoms with van der Waals surface area (Å²) in [6.45, 7) is 0. The van der Waals surface area contributed by atoms with Crippen molar-refractivity contribution in [3.05, 3.63) is 71.1 Å². The van der Waals surface area contributed by atoms with Gasteiger partial charge in [0.15, 0.2) is 15.5 Å². The van der Waals surface area contributed by atoms with Crippen molar-refractivity contribution in [2.75, 3.05) is 16.8 Å². The van der Waals surface area contributed by atoms with E-state index in [2.05, 4.69) is 10.4 Å². The van der Waals surface area contributed by atoms with Gasteiger partial charge >= 0.3 is 0 Å². The molecule has 1 N–H and O–H groups in total. The van der Waals surface area contributed by atoms with Crippen LogP contribution in [0.1, 0.15) is 23.0 Å². The van der Waals surface area contributed by atoms with Crippen molar-refractivity contribution in [1.29, 1.82) is 0 Å². The molecule has 1 unspecified atom stereocenters. The van der Waals surface area contributed by atoms with E-state index in [1.165, 1.54) is 12.1 Å². The molecule has 2 aromatic carbocycles. The number of sulfone groups is 1. The van der Waals surface area contributed by atoms with Crippen LogP contribution in [-0.4, -0.2) is 35.6 Å². The lowest BCUT2D eigenvalue weighted by molar-refractivity contribution is 0.102. The third-order valence-electron chi connectivity index (χ3n) is 4.77. The zero-order valence-electron chi connectivity index (χ0n) is 15.2. The Morgan fingerprint density at radius 3 is 2.59 bits per heavy atom. The predicted octanol–water partition coefficient (Wildman–Crippen LogP) is 3.95. The molecular weight excluding hydrogens is 417 g/mol. The fourth-order valence-electron chi connectivity index (χ4n) is 3.35. The average Bonchev–Trinajstić information content (AvgIpc) is 3.29. The number of aromatic nitrogens is 2. The molecule has 1 aliphatic rings. The lowest BCUT2D eigenvalue weighted by atomic mass is 10.1. The Balaban J connectivity index is 1.69. The van der Waals surface area contributed by atoms with Crippen molar-refractivity contribution in [1.82, 2.24) is 9.78 Å². The van der Waals surface area contributed by atoms with Crippen LogP contribution in [0.4, 0.5) is 10.1 Å². The highest BCUT2D eigenvalue weighted by atomic mass is 35.5. The summed E-state index contributed by atoms with van der Waals surface area (Å²) in [7, 11) is -3.12. The molecule has 1 saturated heterocycles. The Bertz CT molecular complexity index is 1180. The second-order valence-electron chi connectivity index (χ2n) is 6.87. The minimum Gasteiger partial charge on any atom is -0.321 e. The number of carbonyl (C=O) groups excluding carboxylic acids is 1. The van der Waals surface area contributed by atoms with Gasteiger partial charge in [0.25, 0.3) is 5.91 Å². The minimum atomic E-state index is -3.12. The van der Waals surface area contributed by atoms with Crippen LogP contribution < -0.4 is 5.32 Å². The van der Waals surface area contributed by atoms with Gasteiger partial charge in [-0.1, -0.05) is 41.9 Å². The Morgan fingerprint density at radius 1 is 1.17 bits per heavy atom. The van der Waals surface area contributed by atoms with Crippen LogP contribution in [0.15, 0.2) is 54.6 Å². The number of carbonyl (C=O) groups is 1. The van der Waals surface area contributed by atoms with E-state index in [-0.39, 0.29) is 28.3 Å². The van der Waals surface area contributed by atoms with Gasteiger partial charge in [-0.3, -0.25) is 9.48 Å². The van der Waals surface area contributed by atoms with E-state index in [1.807, 2.05) is 30.3 Å². The molecule has 29 heavy (non-hydrogen) atoms. The van der Waals surface area contributed by atoms with Crippen molar-refractivity contribution < 1.29 is 17.6 Å². The van der Waals surface area contributed by atoms with Crippen molar-refractivity contribution in [2.24, 2.45) is 0 Å². The third-order valence-corrected chi connectivity index (χ3v) is 6.81. The van der Waals surface area contributed by atoms with Gasteiger partial charge in [-0.25, -0.2) is 12.8 Å². The summed E-state index contributed by atoms with van der Waals surface area (Å²) in [4.78, 5) is 12.7. The number of halogens is 2. The first kappa shape index (κ1) is 19.6. The number of amides is 1. The maximum absolute atomic E-state index is 13.3. The van der Waals surface area contributed by atoms with Crippen molar-refractivity contribution in [2.45, 2.75) is 12.5 Å². The van der Waals surface area contributed by atoms with Crippen LogP contribution in [0.3, 0.4) is 0 Å². The van der Waals surface area contributed by atoms with Crippen molar-refractivity contribution in [3.63, 3.8) is 0 Å². The zero-order valence-corrected chi connectivity index (χ0v) is 16.8. The van der Waals surface area contributed by atoms with E-state index in [1.54, 1.807) is 10.7 Å². The summed E-state index contributed by atoms with van der Waals surface area (Å²) in [5.74, 6) is -0.989. The number of benzene rings is 2. The first-order chi connectivity index (χ1) is 13.8. The second-order valence-corrected chi connectivity index (χ2v) is 9.50. The molecule has 1 atom stereocenters. The van der Waals surface area contributed by atoms with Crippen molar-refractivity contribution >= 4 is 33.0 Å². The summed E-state index contributed by atoms with van der Waals surface area (Å²) >= 11 is 5.76. The first-order valence-electron chi connectivity index (χ1n) is 8.94. The summed E-state index contributed by atoms with van der Waals surface area (Å²) < 4.78 is 38.8. The minimum absolute atomic E-state index is 0.0108. The van der Waals surface area contributed by atoms with Crippen LogP contribution in [-0.2, 0) is 9.84 Å². The highest BCUT2D eigenvalue weighted by molar-refractivity contribution is 7.91. The maximum Gasteiger partial charge on any atom is 0.276 e. The molecule has 1 aromatic heterocycles. The predicted molar refractivity (Wildman–Crippen MR) is 109 cm³/mol. The smallest absolute Gasteiger partial charge is 0.276 e. The number of nitrogens with one attached hydrogen (secondary N) is 1. The Morgan fingerprint density at radius 2 is 1.93 bits per heavy atom. The van der Waals surface area contributed by atoms with Crippen LogP contribution in [0.2, 0.25) is 5.02 Å². The molecule has 0 saturated carbocycles. The largest absolute Gasteiger partial charge is 0.321 e. The molecule has 150 valence electrons. The van der Waals surface area contributed by atoms with E-state index >= 15 is 0 Å². The fraction of sp³-hybridized carbons (Fsp3) is 0.200. The van der Waals surface area contributed by atoms with Gasteiger partial charge < -0.3 is 5.32 Å². The molecule has 0 spiro atoms. The van der Waals surface area contributed by atoms with Crippen LogP contribution >= 0.6 is 11.6 Å². The molecule has 4 rings (SSSR count). The van der Waals surface area contributed by atoms with Crippen LogP contribution in [0.5, 0.6) is 0 Å². The van der Waals surface area contributed by atoms with Gasteiger partial charge in [-0.2, -0.15) is 5.10 Å². The first-order valence-corrected chi connectivity index (χ1v) is 11.1. The quantitative estimate of drug-likeness (QED) is 0.675. The SMILES string of the molecule is O=C(Nc1ccc(F)c(Cl)c1)c1cc(-c2ccccc2)n(C2CCS(=O)(=O)C2)n1. The van der Waals surface area contributed by atoms with Gasteiger partial charge in [0, 0.05) is 5.69 Å². The highest BCUT2D eigenvalue weighted by Crippen LogP contribution is 2.30. The molecule has 6 nitrogen and oxygen atoms in total. The fourth-order valence-corrected chi connectivity index (χ4v) is 5.22. The normalized spacial score (nSPS) is 17.9. The molecule has 0 aliphatic carbocycles. The molecule has 3 aromatic rings. The van der Waals surface area contributed by atoms with E-state index in [0.29, 0.717) is 17.8 Å². The molecule has 0 radical (unpaired) electrons. The number of anilines is 1. The van der Waals surface area contributed by atoms with Gasteiger partial charge in [-0.15, -0.1) is 0 Å². The third kappa shape index (κ3) is 4.18. The van der Waals surface area contributed by atoms with Crippen LogP contribution in [0, 0.1) is 5.82 Å². The van der Waals surface area contributed by atoms with Gasteiger partial charge in [0.2, 0.25) is 0 Å². The second kappa shape index (κ2) is 7.61. The average molecular weight is 434 g/mol. The molecule has 1 aliphatic heterocycles. The standard InChI is InChI=1S/C20H17ClFN3O3S/c21-16-10-14(6-7-17(16)22)23-20(26)18-11-19(13-4-2-1-3-5-13)25(24-18)15-8-9-29(27,28)12-15/h1-7,10-11,15H,8-9,12H2,(H,23,26). The molecule has 1 amide bonds. The molecule has 2 heterocycles. The Kier molecular flexibility index (Phi) is 5.14. The topological polar surface area (TPSA) is 81.1 Å². The maximum atomic E-state index is 13.3.